The van der Waals surface area contributed by atoms with Gasteiger partial charge in [-0.05, 0) is 30.7 Å². The fourth-order valence-electron chi connectivity index (χ4n) is 2.56. The molecule has 11 heteroatoms. The highest BCUT2D eigenvalue weighted by Gasteiger charge is 2.32. The number of alkyl halides is 3. The third-order valence-corrected chi connectivity index (χ3v) is 3.93. The summed E-state index contributed by atoms with van der Waals surface area (Å²) in [6.07, 6.45) is -3.48. The molecule has 0 unspecified atom stereocenters. The lowest BCUT2D eigenvalue weighted by Gasteiger charge is -2.22. The Morgan fingerprint density at radius 2 is 2.03 bits per heavy atom. The Hall–Kier alpha value is -3.11. The summed E-state index contributed by atoms with van der Waals surface area (Å²) >= 11 is 0. The van der Waals surface area contributed by atoms with Gasteiger partial charge in [0, 0.05) is 32.9 Å². The summed E-state index contributed by atoms with van der Waals surface area (Å²) in [7, 11) is 3.20. The van der Waals surface area contributed by atoms with Crippen molar-refractivity contribution in [2.75, 3.05) is 39.1 Å². The molecular weight excluding hydrogens is 404 g/mol. The molecule has 0 amide bonds. The normalized spacial score (nSPS) is 11.9. The lowest BCUT2D eigenvalue weighted by atomic mass is 10.2. The first-order chi connectivity index (χ1) is 14.2. The van der Waals surface area contributed by atoms with Crippen molar-refractivity contribution in [1.29, 1.82) is 0 Å². The van der Waals surface area contributed by atoms with E-state index < -0.39 is 17.7 Å². The summed E-state index contributed by atoms with van der Waals surface area (Å²) in [6, 6.07) is 5.52. The Kier molecular flexibility index (Phi) is 8.19. The van der Waals surface area contributed by atoms with Gasteiger partial charge < -0.3 is 20.3 Å². The van der Waals surface area contributed by atoms with Crippen LogP contribution >= 0.6 is 0 Å². The molecule has 2 aromatic rings. The predicted octanol–water partition coefficient (Wildman–Crippen LogP) is 3.15. The van der Waals surface area contributed by atoms with Crippen molar-refractivity contribution in [3.05, 3.63) is 47.5 Å². The summed E-state index contributed by atoms with van der Waals surface area (Å²) in [5.74, 6) is 0.174. The molecule has 0 aliphatic carbocycles. The molecule has 0 fully saturated rings. The molecule has 1 heterocycles. The van der Waals surface area contributed by atoms with Crippen molar-refractivity contribution < 1.29 is 22.3 Å². The molecule has 0 aliphatic rings. The number of halogens is 4. The van der Waals surface area contributed by atoms with E-state index in [1.54, 1.807) is 19.2 Å². The van der Waals surface area contributed by atoms with Crippen molar-refractivity contribution >= 4 is 11.9 Å². The number of aromatic nitrogens is 2. The molecule has 7 nitrogen and oxygen atoms in total. The third kappa shape index (κ3) is 6.75. The Labute approximate surface area is 172 Å². The van der Waals surface area contributed by atoms with E-state index in [0.717, 1.165) is 17.8 Å². The van der Waals surface area contributed by atoms with Crippen LogP contribution in [0.4, 0.5) is 23.5 Å². The Morgan fingerprint density at radius 3 is 2.67 bits per heavy atom. The third-order valence-electron chi connectivity index (χ3n) is 3.93. The van der Waals surface area contributed by atoms with Gasteiger partial charge in [-0.1, -0.05) is 6.07 Å². The number of hydrogen-bond donors (Lipinski definition) is 2. The molecule has 0 saturated carbocycles. The van der Waals surface area contributed by atoms with Crippen molar-refractivity contribution in [2.24, 2.45) is 4.99 Å². The minimum Gasteiger partial charge on any atom is -0.494 e. The van der Waals surface area contributed by atoms with Gasteiger partial charge >= 0.3 is 6.18 Å². The van der Waals surface area contributed by atoms with Gasteiger partial charge in [0.05, 0.1) is 13.7 Å². The summed E-state index contributed by atoms with van der Waals surface area (Å²) in [5.41, 5.74) is -0.278. The number of methoxy groups -OCH3 is 1. The van der Waals surface area contributed by atoms with E-state index in [-0.39, 0.29) is 24.8 Å². The average molecular weight is 428 g/mol. The van der Waals surface area contributed by atoms with Gasteiger partial charge in [0.2, 0.25) is 5.95 Å². The van der Waals surface area contributed by atoms with E-state index in [0.29, 0.717) is 19.0 Å². The van der Waals surface area contributed by atoms with Crippen LogP contribution in [0.5, 0.6) is 5.75 Å². The van der Waals surface area contributed by atoms with Crippen molar-refractivity contribution in [1.82, 2.24) is 20.2 Å². The number of hydrogen-bond acceptors (Lipinski definition) is 5. The molecule has 0 aliphatic heterocycles. The average Bonchev–Trinajstić information content (AvgIpc) is 2.70. The van der Waals surface area contributed by atoms with E-state index in [4.69, 9.17) is 4.74 Å². The van der Waals surface area contributed by atoms with Gasteiger partial charge in [0.1, 0.15) is 5.69 Å². The first kappa shape index (κ1) is 23.2. The topological polar surface area (TPSA) is 74.7 Å². The van der Waals surface area contributed by atoms with Crippen LogP contribution in [0.3, 0.4) is 0 Å². The Balaban J connectivity index is 1.96. The Morgan fingerprint density at radius 1 is 1.27 bits per heavy atom. The maximum absolute atomic E-state index is 13.9. The van der Waals surface area contributed by atoms with E-state index in [1.807, 2.05) is 11.8 Å². The zero-order valence-corrected chi connectivity index (χ0v) is 16.9. The number of guanidine groups is 1. The monoisotopic (exact) mass is 428 g/mol. The SMILES string of the molecule is CCNC(=NCCNc1nccc(C(F)(F)F)n1)N(C)Cc1ccc(OC)c(F)c1. The van der Waals surface area contributed by atoms with Crippen LogP contribution < -0.4 is 15.4 Å². The number of aliphatic imine (C=N–C) groups is 1. The smallest absolute Gasteiger partial charge is 0.433 e. The fourth-order valence-corrected chi connectivity index (χ4v) is 2.56. The number of benzene rings is 1. The van der Waals surface area contributed by atoms with E-state index in [9.17, 15) is 17.6 Å². The second kappa shape index (κ2) is 10.6. The summed E-state index contributed by atoms with van der Waals surface area (Å²) in [4.78, 5) is 13.5. The van der Waals surface area contributed by atoms with E-state index in [1.165, 1.54) is 13.2 Å². The van der Waals surface area contributed by atoms with Crippen LogP contribution in [0, 0.1) is 5.82 Å². The molecule has 164 valence electrons. The lowest BCUT2D eigenvalue weighted by Crippen LogP contribution is -2.38. The molecule has 1 aromatic heterocycles. The van der Waals surface area contributed by atoms with Crippen LogP contribution in [-0.2, 0) is 12.7 Å². The van der Waals surface area contributed by atoms with Crippen LogP contribution in [0.15, 0.2) is 35.5 Å². The molecule has 0 atom stereocenters. The maximum Gasteiger partial charge on any atom is 0.433 e. The van der Waals surface area contributed by atoms with E-state index >= 15 is 0 Å². The number of nitrogens with one attached hydrogen (secondary N) is 2. The number of nitrogens with zero attached hydrogens (tertiary/aromatic N) is 4. The minimum atomic E-state index is -4.53. The predicted molar refractivity (Wildman–Crippen MR) is 106 cm³/mol. The van der Waals surface area contributed by atoms with Crippen molar-refractivity contribution in [2.45, 2.75) is 19.6 Å². The fraction of sp³-hybridized carbons (Fsp3) is 0.421. The van der Waals surface area contributed by atoms with Gasteiger partial charge in [0.15, 0.2) is 17.5 Å². The second-order valence-electron chi connectivity index (χ2n) is 6.25. The highest BCUT2D eigenvalue weighted by Crippen LogP contribution is 2.27. The van der Waals surface area contributed by atoms with E-state index in [2.05, 4.69) is 25.6 Å². The minimum absolute atomic E-state index is 0.118. The molecule has 1 aromatic carbocycles. The van der Waals surface area contributed by atoms with Gasteiger partial charge in [-0.25, -0.2) is 14.4 Å². The first-order valence-electron chi connectivity index (χ1n) is 9.20. The number of ether oxygens (including phenoxy) is 1. The zero-order valence-electron chi connectivity index (χ0n) is 16.9. The molecule has 0 bridgehead atoms. The van der Waals surface area contributed by atoms with Crippen LogP contribution in [0.2, 0.25) is 0 Å². The number of anilines is 1. The Bertz CT molecular complexity index is 859. The highest BCUT2D eigenvalue weighted by atomic mass is 19.4. The van der Waals surface area contributed by atoms with Crippen LogP contribution in [-0.4, -0.2) is 54.6 Å². The van der Waals surface area contributed by atoms with Gasteiger partial charge in [-0.15, -0.1) is 0 Å². The van der Waals surface area contributed by atoms with Crippen molar-refractivity contribution in [3.8, 4) is 5.75 Å². The quantitative estimate of drug-likeness (QED) is 0.291. The van der Waals surface area contributed by atoms with Gasteiger partial charge in [-0.3, -0.25) is 4.99 Å². The van der Waals surface area contributed by atoms with Gasteiger partial charge in [0.25, 0.3) is 0 Å². The lowest BCUT2D eigenvalue weighted by molar-refractivity contribution is -0.141. The highest BCUT2D eigenvalue weighted by molar-refractivity contribution is 5.79. The zero-order chi connectivity index (χ0) is 22.1. The maximum atomic E-state index is 13.9. The second-order valence-corrected chi connectivity index (χ2v) is 6.25. The van der Waals surface area contributed by atoms with Crippen molar-refractivity contribution in [3.63, 3.8) is 0 Å². The largest absolute Gasteiger partial charge is 0.494 e. The number of rotatable bonds is 8. The molecule has 2 rings (SSSR count). The first-order valence-corrected chi connectivity index (χ1v) is 9.20. The summed E-state index contributed by atoms with van der Waals surface area (Å²) in [6.45, 7) is 3.43. The van der Waals surface area contributed by atoms with Gasteiger partial charge in [-0.2, -0.15) is 13.2 Å². The molecule has 0 spiro atoms. The molecule has 0 saturated heterocycles. The summed E-state index contributed by atoms with van der Waals surface area (Å²) in [5, 5.41) is 5.84. The molecule has 0 radical (unpaired) electrons. The van der Waals surface area contributed by atoms with Crippen LogP contribution in [0.1, 0.15) is 18.2 Å². The molecule has 30 heavy (non-hydrogen) atoms. The molecular formula is C19H24F4N6O. The summed E-state index contributed by atoms with van der Waals surface area (Å²) < 4.78 is 56.9. The molecule has 2 N–H and O–H groups in total. The standard InChI is InChI=1S/C19H24F4N6O/c1-4-24-18(29(2)12-13-5-6-15(30-3)14(20)11-13)27-10-9-26-17-25-8-7-16(28-17)19(21,22)23/h5-8,11H,4,9-10,12H2,1-3H3,(H,24,27)(H,25,26,28). The van der Waals surface area contributed by atoms with Crippen LogP contribution in [0.25, 0.3) is 0 Å².